The lowest BCUT2D eigenvalue weighted by Crippen LogP contribution is -2.63. The van der Waals surface area contributed by atoms with Crippen LogP contribution < -0.4 is 85.9 Å². The first-order valence-electron chi connectivity index (χ1n) is 43.8. The summed E-state index contributed by atoms with van der Waals surface area (Å²) >= 11 is 0. The van der Waals surface area contributed by atoms with E-state index in [1.807, 2.05) is 18.2 Å². The van der Waals surface area contributed by atoms with Gasteiger partial charge in [-0.1, -0.05) is 139 Å². The first kappa shape index (κ1) is 98.7. The van der Waals surface area contributed by atoms with Gasteiger partial charge < -0.3 is 121 Å². The number of hydrogen-bond donors (Lipinski definition) is 23. The Labute approximate surface area is 768 Å². The molecule has 3 saturated heterocycles. The molecule has 0 aliphatic carbocycles. The number of aromatic nitrogens is 6. The average Bonchev–Trinajstić information content (AvgIpc) is 1.64. The van der Waals surface area contributed by atoms with Crippen molar-refractivity contribution >= 4 is 138 Å². The summed E-state index contributed by atoms with van der Waals surface area (Å²) in [6.07, 6.45) is 5.80. The molecule has 4 aromatic heterocycles. The number of nitrogens with zero attached hydrogens (tertiary/aromatic N) is 4. The van der Waals surface area contributed by atoms with E-state index >= 15 is 67.1 Å². The molecule has 704 valence electrons. The number of para-hydroxylation sites is 2. The number of aromatic amines is 4. The molecule has 3 aliphatic heterocycles. The fraction of sp³-hybridized carbons (Fsp3) is 0.438. The Kier molecular flexibility index (Phi) is 35.6. The number of aliphatic hydroxyl groups excluding tert-OH is 1. The Morgan fingerprint density at radius 2 is 0.894 bits per heavy atom. The second-order valence-electron chi connectivity index (χ2n) is 33.1. The van der Waals surface area contributed by atoms with Gasteiger partial charge in [0.2, 0.25) is 82.7 Å². The molecule has 4 aromatic carbocycles. The number of carbonyl (C=O) groups is 14. The van der Waals surface area contributed by atoms with E-state index in [2.05, 4.69) is 104 Å². The van der Waals surface area contributed by atoms with E-state index in [9.17, 15) is 5.11 Å². The smallest absolute Gasteiger partial charge is 0.246 e. The lowest BCUT2D eigenvalue weighted by molar-refractivity contribution is -0.145. The van der Waals surface area contributed by atoms with Crippen molar-refractivity contribution in [2.75, 3.05) is 38.2 Å². The molecule has 0 unspecified atom stereocenters. The van der Waals surface area contributed by atoms with Crippen molar-refractivity contribution in [2.45, 2.75) is 202 Å². The third-order valence-electron chi connectivity index (χ3n) is 23.4. The second-order valence-corrected chi connectivity index (χ2v) is 35.7. The minimum Gasteiger partial charge on any atom is -0.391 e. The molecule has 3 aliphatic rings. The largest absolute Gasteiger partial charge is 0.391 e. The zero-order valence-electron chi connectivity index (χ0n) is 73.7. The Hall–Kier alpha value is -13.8. The van der Waals surface area contributed by atoms with Crippen LogP contribution in [-0.4, -0.2) is 268 Å². The number of likely N-dealkylation sites (N-methyl/N-ethyl adjacent to an activating group) is 1. The van der Waals surface area contributed by atoms with Crippen molar-refractivity contribution in [3.8, 4) is 0 Å². The Balaban J connectivity index is 1.02. The van der Waals surface area contributed by atoms with E-state index < -0.39 is 203 Å². The molecule has 7 heterocycles. The Morgan fingerprint density at radius 3 is 1.42 bits per heavy atom. The summed E-state index contributed by atoms with van der Waals surface area (Å²) in [5.41, 5.74) is 15.3. The first-order valence-corrected chi connectivity index (χ1v) is 46.3. The standard InChI is InChI=1S/C89H116N26O15S2/c1-6-48(2)72-84(127)111-68-44-131-132-45-69(110-74(117)49(3)102-76(119)63(36-53-40-98-59-26-15-13-24-57(53)59)105-75(118)61(28-17-31-96-88(90)91)103-77(120)62(34-51-20-9-7-10-21-51)104-78(121)64(106-80(68)123)38-55-42-94-46-100-55)81(124)113-73(50(4)116)85(128)107-65(39-56-43-95-47-101-56)79(122)108-66(35-52-22-11-8-12-23-52)86(129)114(5)70(29-18-32-97-89(92)93)82(125)109-67(37-54-41-99-60-27-16-14-25-58(54)60)87(130)115-33-19-30-71(115)83(126)112-72/h7-16,20-27,40-43,46-50,61-73,98-99,116H,6,17-19,28-39,44-45H2,1-5H3,(H,94,100)(H,95,101)(H,102,119)(H,103,120)(H,104,121)(H,105,118)(H,106,123)(H,107,128)(H,108,122)(H,109,125)(H,110,117)(H,111,127)(H,112,126)(H,113,124)(H4,90,91,96)(H4,92,93,97)/t48-,49-,50+,61-,62+,63-,64-,65-,66+,67-,68-,69-,70-,71-,72-,73-/m0/s1. The van der Waals surface area contributed by atoms with Gasteiger partial charge in [0.05, 0.1) is 30.1 Å². The molecule has 41 nitrogen and oxygen atoms in total. The van der Waals surface area contributed by atoms with Gasteiger partial charge in [-0.3, -0.25) is 77.9 Å². The molecule has 14 amide bonds. The maximum Gasteiger partial charge on any atom is 0.246 e. The lowest BCUT2D eigenvalue weighted by Gasteiger charge is -2.34. The van der Waals surface area contributed by atoms with E-state index in [0.717, 1.165) is 33.4 Å². The number of imidazole rings is 2. The van der Waals surface area contributed by atoms with Crippen LogP contribution >= 0.6 is 21.6 Å². The highest BCUT2D eigenvalue weighted by Gasteiger charge is 2.44. The molecule has 2 bridgehead atoms. The predicted molar refractivity (Wildman–Crippen MR) is 493 cm³/mol. The number of amides is 14. The van der Waals surface area contributed by atoms with E-state index in [-0.39, 0.29) is 114 Å². The summed E-state index contributed by atoms with van der Waals surface area (Å²) in [6, 6.07) is 9.06. The van der Waals surface area contributed by atoms with E-state index in [4.69, 9.17) is 22.3 Å². The van der Waals surface area contributed by atoms with Crippen molar-refractivity contribution in [3.63, 3.8) is 0 Å². The molecule has 132 heavy (non-hydrogen) atoms. The normalized spacial score (nSPS) is 24.5. The lowest BCUT2D eigenvalue weighted by atomic mass is 9.97. The number of rotatable bonds is 23. The van der Waals surface area contributed by atoms with Crippen LogP contribution in [0.3, 0.4) is 0 Å². The highest BCUT2D eigenvalue weighted by Crippen LogP contribution is 2.28. The number of benzene rings is 4. The quantitative estimate of drug-likeness (QED) is 0.0156. The summed E-state index contributed by atoms with van der Waals surface area (Å²) in [7, 11) is 3.04. The molecular weight excluding hydrogens is 1740 g/mol. The Morgan fingerprint density at radius 1 is 0.470 bits per heavy atom. The van der Waals surface area contributed by atoms with E-state index in [1.165, 1.54) is 43.9 Å². The number of aliphatic hydroxyl groups is 1. The van der Waals surface area contributed by atoms with Crippen LogP contribution in [0.4, 0.5) is 0 Å². The summed E-state index contributed by atoms with van der Waals surface area (Å²) in [5, 5.41) is 67.4. The van der Waals surface area contributed by atoms with Gasteiger partial charge in [-0.2, -0.15) is 0 Å². The predicted octanol–water partition coefficient (Wildman–Crippen LogP) is -1.13. The van der Waals surface area contributed by atoms with Crippen molar-refractivity contribution in [3.05, 3.63) is 180 Å². The van der Waals surface area contributed by atoms with Crippen molar-refractivity contribution in [1.82, 2.24) is 114 Å². The fourth-order valence-corrected chi connectivity index (χ4v) is 18.3. The average molecular weight is 1850 g/mol. The Bertz CT molecular complexity index is 5370. The summed E-state index contributed by atoms with van der Waals surface area (Å²) < 4.78 is 0. The number of guanidine groups is 2. The number of carbonyl (C=O) groups excluding carboxylic acids is 14. The van der Waals surface area contributed by atoms with Crippen molar-refractivity contribution in [2.24, 2.45) is 17.4 Å². The molecule has 16 atom stereocenters. The highest BCUT2D eigenvalue weighted by atomic mass is 33.1. The van der Waals surface area contributed by atoms with Gasteiger partial charge in [0.1, 0.15) is 84.6 Å². The zero-order valence-corrected chi connectivity index (χ0v) is 75.4. The molecule has 0 saturated carbocycles. The van der Waals surface area contributed by atoms with E-state index in [0.29, 0.717) is 44.1 Å². The van der Waals surface area contributed by atoms with Crippen LogP contribution in [0.1, 0.15) is 106 Å². The number of H-pyrrole nitrogens is 4. The number of fused-ring (bicyclic) bond motifs is 8. The summed E-state index contributed by atoms with van der Waals surface area (Å²) in [4.78, 5) is 240. The molecule has 3 fully saturated rings. The van der Waals surface area contributed by atoms with Crippen LogP contribution in [0.25, 0.3) is 21.8 Å². The third kappa shape index (κ3) is 27.4. The maximum atomic E-state index is 15.9. The number of nitrogens with two attached hydrogens (primary N) is 2. The van der Waals surface area contributed by atoms with E-state index in [1.54, 1.807) is 117 Å². The molecule has 25 N–H and O–H groups in total. The third-order valence-corrected chi connectivity index (χ3v) is 25.9. The molecule has 0 spiro atoms. The summed E-state index contributed by atoms with van der Waals surface area (Å²) in [5.74, 6) is -15.8. The van der Waals surface area contributed by atoms with Crippen LogP contribution in [-0.2, 0) is 106 Å². The first-order chi connectivity index (χ1) is 63.4. The maximum absolute atomic E-state index is 15.9. The van der Waals surface area contributed by atoms with Gasteiger partial charge in [-0.25, -0.2) is 9.97 Å². The minimum atomic E-state index is -1.99. The van der Waals surface area contributed by atoms with Crippen molar-refractivity contribution in [1.29, 1.82) is 10.8 Å². The topological polar surface area (TPSA) is 623 Å². The van der Waals surface area contributed by atoms with Crippen molar-refractivity contribution < 1.29 is 72.2 Å². The van der Waals surface area contributed by atoms with Gasteiger partial charge in [-0.05, 0) is 92.7 Å². The number of hydrogen-bond acceptors (Lipinski definition) is 21. The van der Waals surface area contributed by atoms with Gasteiger partial charge in [0.15, 0.2) is 11.9 Å². The zero-order chi connectivity index (χ0) is 94.7. The van der Waals surface area contributed by atoms with Crippen LogP contribution in [0.5, 0.6) is 0 Å². The SMILES string of the molecule is CC[C@H](C)[C@@H]1NC(=O)[C@@H]2CCCN2C(=O)[C@H](Cc2c[nH]c3ccccc23)NC(=O)[C@H](CCCNC(=N)N)N(C)C(=O)[C@@H](Cc2ccccc2)NC(=O)[C@H](Cc2c[nH]cn2)NC(=O)[C@H]([C@@H](C)O)NC(=O)[C@@H]2CSSC[C@H](NC1=O)C(=O)N[C@@H](Cc1c[nH]cn1)C(=O)N[C@H](Cc1ccccc1)C(=O)N[C@@H](CCCNC(=N)N)C(=O)N[C@@H](Cc1c[nH]c3ccccc13)C(=O)N[C@@H](C)C(=O)N2. The monoisotopic (exact) mass is 1850 g/mol. The molecule has 11 rings (SSSR count). The van der Waals surface area contributed by atoms with Crippen LogP contribution in [0, 0.1) is 16.7 Å². The number of nitrogens with one attached hydrogen (secondary N) is 20. The fourth-order valence-electron chi connectivity index (χ4n) is 16.0. The van der Waals surface area contributed by atoms with Crippen LogP contribution in [0.2, 0.25) is 0 Å². The second kappa shape index (κ2) is 47.6. The molecular formula is C89H116N26O15S2. The van der Waals surface area contributed by atoms with Gasteiger partial charge in [0.25, 0.3) is 0 Å². The molecule has 43 heteroatoms. The van der Waals surface area contributed by atoms with Crippen LogP contribution in [0.15, 0.2) is 147 Å². The van der Waals surface area contributed by atoms with Gasteiger partial charge in [0, 0.05) is 123 Å². The summed E-state index contributed by atoms with van der Waals surface area (Å²) in [6.45, 7) is 5.89. The molecule has 8 aromatic rings. The highest BCUT2D eigenvalue weighted by molar-refractivity contribution is 8.76. The van der Waals surface area contributed by atoms with Gasteiger partial charge in [-0.15, -0.1) is 0 Å². The minimum absolute atomic E-state index is 0.0199. The van der Waals surface area contributed by atoms with Gasteiger partial charge >= 0.3 is 0 Å². The molecule has 0 radical (unpaired) electrons.